The SMILES string of the molecule is CCC(C)NC(=O)CSc1nc2ccccc2c(=O)n1Cc1ccccc1. The van der Waals surface area contributed by atoms with Gasteiger partial charge >= 0.3 is 0 Å². The molecule has 3 rings (SSSR count). The van der Waals surface area contributed by atoms with Crippen LogP contribution in [0.5, 0.6) is 0 Å². The molecule has 27 heavy (non-hydrogen) atoms. The van der Waals surface area contributed by atoms with Crippen LogP contribution in [0.1, 0.15) is 25.8 Å². The highest BCUT2D eigenvalue weighted by Crippen LogP contribution is 2.19. The van der Waals surface area contributed by atoms with Gasteiger partial charge in [0.15, 0.2) is 5.16 Å². The van der Waals surface area contributed by atoms with Crippen molar-refractivity contribution >= 4 is 28.6 Å². The number of amides is 1. The second-order valence-electron chi connectivity index (χ2n) is 6.45. The van der Waals surface area contributed by atoms with Gasteiger partial charge < -0.3 is 5.32 Å². The van der Waals surface area contributed by atoms with Gasteiger partial charge in [0.05, 0.1) is 23.2 Å². The van der Waals surface area contributed by atoms with Crippen LogP contribution in [-0.4, -0.2) is 27.3 Å². The quantitative estimate of drug-likeness (QED) is 0.503. The Morgan fingerprint density at radius 3 is 2.59 bits per heavy atom. The normalized spacial score (nSPS) is 12.1. The van der Waals surface area contributed by atoms with Crippen LogP contribution in [0.4, 0.5) is 0 Å². The van der Waals surface area contributed by atoms with Gasteiger partial charge in [-0.15, -0.1) is 0 Å². The van der Waals surface area contributed by atoms with Crippen molar-refractivity contribution < 1.29 is 4.79 Å². The molecule has 0 aliphatic rings. The molecule has 0 radical (unpaired) electrons. The van der Waals surface area contributed by atoms with E-state index in [-0.39, 0.29) is 23.3 Å². The van der Waals surface area contributed by atoms with E-state index in [2.05, 4.69) is 10.3 Å². The highest BCUT2D eigenvalue weighted by atomic mass is 32.2. The highest BCUT2D eigenvalue weighted by molar-refractivity contribution is 7.99. The van der Waals surface area contributed by atoms with E-state index in [1.165, 1.54) is 11.8 Å². The Labute approximate surface area is 162 Å². The van der Waals surface area contributed by atoms with Crippen molar-refractivity contribution in [2.45, 2.75) is 38.0 Å². The number of nitrogens with zero attached hydrogens (tertiary/aromatic N) is 2. The van der Waals surface area contributed by atoms with Crippen LogP contribution in [-0.2, 0) is 11.3 Å². The molecule has 0 aliphatic carbocycles. The second kappa shape index (κ2) is 8.86. The number of carbonyl (C=O) groups excluding carboxylic acids is 1. The number of fused-ring (bicyclic) bond motifs is 1. The Kier molecular flexibility index (Phi) is 6.29. The zero-order chi connectivity index (χ0) is 19.2. The molecule has 0 spiro atoms. The third-order valence-corrected chi connectivity index (χ3v) is 5.34. The first-order valence-corrected chi connectivity index (χ1v) is 10.0. The van der Waals surface area contributed by atoms with Crippen molar-refractivity contribution in [1.29, 1.82) is 0 Å². The molecule has 5 nitrogen and oxygen atoms in total. The van der Waals surface area contributed by atoms with Gasteiger partial charge in [-0.25, -0.2) is 4.98 Å². The van der Waals surface area contributed by atoms with E-state index in [1.807, 2.05) is 62.4 Å². The lowest BCUT2D eigenvalue weighted by atomic mass is 10.2. The van der Waals surface area contributed by atoms with E-state index >= 15 is 0 Å². The van der Waals surface area contributed by atoms with E-state index in [0.717, 1.165) is 12.0 Å². The largest absolute Gasteiger partial charge is 0.353 e. The summed E-state index contributed by atoms with van der Waals surface area (Å²) in [7, 11) is 0. The van der Waals surface area contributed by atoms with Crippen LogP contribution in [0, 0.1) is 0 Å². The number of thioether (sulfide) groups is 1. The average molecular weight is 382 g/mol. The lowest BCUT2D eigenvalue weighted by molar-refractivity contribution is -0.119. The summed E-state index contributed by atoms with van der Waals surface area (Å²) < 4.78 is 1.65. The number of hydrogen-bond acceptors (Lipinski definition) is 4. The molecular formula is C21H23N3O2S. The lowest BCUT2D eigenvalue weighted by Crippen LogP contribution is -2.33. The molecule has 0 bridgehead atoms. The fraction of sp³-hybridized carbons (Fsp3) is 0.286. The summed E-state index contributed by atoms with van der Waals surface area (Å²) in [6.45, 7) is 4.43. The van der Waals surface area contributed by atoms with Gasteiger partial charge in [0.2, 0.25) is 5.91 Å². The molecule has 0 aliphatic heterocycles. The van der Waals surface area contributed by atoms with E-state index in [4.69, 9.17) is 0 Å². The van der Waals surface area contributed by atoms with Gasteiger partial charge in [-0.2, -0.15) is 0 Å². The first kappa shape index (κ1) is 19.2. The number of nitrogens with one attached hydrogen (secondary N) is 1. The maximum Gasteiger partial charge on any atom is 0.262 e. The van der Waals surface area contributed by atoms with Crippen LogP contribution in [0.3, 0.4) is 0 Å². The lowest BCUT2D eigenvalue weighted by Gasteiger charge is -2.14. The number of aromatic nitrogens is 2. The molecule has 3 aromatic rings. The Hall–Kier alpha value is -2.60. The number of carbonyl (C=O) groups is 1. The summed E-state index contributed by atoms with van der Waals surface area (Å²) >= 11 is 1.30. The monoisotopic (exact) mass is 381 g/mol. The first-order valence-electron chi connectivity index (χ1n) is 9.04. The molecule has 0 fully saturated rings. The number of benzene rings is 2. The topological polar surface area (TPSA) is 64.0 Å². The fourth-order valence-electron chi connectivity index (χ4n) is 2.71. The molecule has 6 heteroatoms. The maximum atomic E-state index is 13.0. The van der Waals surface area contributed by atoms with E-state index in [9.17, 15) is 9.59 Å². The van der Waals surface area contributed by atoms with Crippen molar-refractivity contribution in [2.24, 2.45) is 0 Å². The molecule has 0 saturated carbocycles. The van der Waals surface area contributed by atoms with E-state index < -0.39 is 0 Å². The molecule has 140 valence electrons. The molecule has 1 atom stereocenters. The third kappa shape index (κ3) is 4.77. The Balaban J connectivity index is 1.93. The van der Waals surface area contributed by atoms with Crippen molar-refractivity contribution in [2.75, 3.05) is 5.75 Å². The van der Waals surface area contributed by atoms with Crippen LogP contribution in [0.15, 0.2) is 64.5 Å². The standard InChI is InChI=1S/C21H23N3O2S/c1-3-15(2)22-19(25)14-27-21-23-18-12-8-7-11-17(18)20(26)24(21)13-16-9-5-4-6-10-16/h4-12,15H,3,13-14H2,1-2H3,(H,22,25). The minimum atomic E-state index is -0.0886. The Bertz CT molecular complexity index is 986. The molecular weight excluding hydrogens is 358 g/mol. The zero-order valence-corrected chi connectivity index (χ0v) is 16.3. The predicted octanol–water partition coefficient (Wildman–Crippen LogP) is 3.45. The number of para-hydroxylation sites is 1. The maximum absolute atomic E-state index is 13.0. The molecule has 1 N–H and O–H groups in total. The molecule has 0 saturated heterocycles. The Morgan fingerprint density at radius 1 is 1.15 bits per heavy atom. The minimum absolute atomic E-state index is 0.0528. The number of rotatable bonds is 7. The summed E-state index contributed by atoms with van der Waals surface area (Å²) in [6.07, 6.45) is 0.878. The van der Waals surface area contributed by atoms with Gasteiger partial charge in [0.1, 0.15) is 0 Å². The smallest absolute Gasteiger partial charge is 0.262 e. The third-order valence-electron chi connectivity index (χ3n) is 4.36. The average Bonchev–Trinajstić information content (AvgIpc) is 2.69. The predicted molar refractivity (Wildman–Crippen MR) is 110 cm³/mol. The van der Waals surface area contributed by atoms with Crippen molar-refractivity contribution in [3.8, 4) is 0 Å². The zero-order valence-electron chi connectivity index (χ0n) is 15.5. The summed E-state index contributed by atoms with van der Waals surface area (Å²) in [4.78, 5) is 29.8. The van der Waals surface area contributed by atoms with E-state index in [1.54, 1.807) is 10.6 Å². The molecule has 2 aromatic carbocycles. The van der Waals surface area contributed by atoms with Gasteiger partial charge in [-0.05, 0) is 31.0 Å². The van der Waals surface area contributed by atoms with Crippen LogP contribution >= 0.6 is 11.8 Å². The van der Waals surface area contributed by atoms with Crippen LogP contribution < -0.4 is 10.9 Å². The van der Waals surface area contributed by atoms with Crippen LogP contribution in [0.2, 0.25) is 0 Å². The highest BCUT2D eigenvalue weighted by Gasteiger charge is 2.14. The van der Waals surface area contributed by atoms with Crippen LogP contribution in [0.25, 0.3) is 10.9 Å². The summed E-state index contributed by atoms with van der Waals surface area (Å²) in [5.41, 5.74) is 1.58. The second-order valence-corrected chi connectivity index (χ2v) is 7.40. The molecule has 1 aromatic heterocycles. The van der Waals surface area contributed by atoms with Gasteiger partial charge in [0, 0.05) is 6.04 Å². The Morgan fingerprint density at radius 2 is 1.85 bits per heavy atom. The summed E-state index contributed by atoms with van der Waals surface area (Å²) in [5, 5.41) is 4.09. The summed E-state index contributed by atoms with van der Waals surface area (Å²) in [5.74, 6) is 0.173. The van der Waals surface area contributed by atoms with Gasteiger partial charge in [-0.3, -0.25) is 14.2 Å². The minimum Gasteiger partial charge on any atom is -0.353 e. The van der Waals surface area contributed by atoms with Crippen molar-refractivity contribution in [3.63, 3.8) is 0 Å². The van der Waals surface area contributed by atoms with Gasteiger partial charge in [0.25, 0.3) is 5.56 Å². The van der Waals surface area contributed by atoms with Crippen molar-refractivity contribution in [3.05, 3.63) is 70.5 Å². The number of hydrogen-bond donors (Lipinski definition) is 1. The van der Waals surface area contributed by atoms with Crippen molar-refractivity contribution in [1.82, 2.24) is 14.9 Å². The van der Waals surface area contributed by atoms with Gasteiger partial charge in [-0.1, -0.05) is 61.2 Å². The molecule has 1 heterocycles. The fourth-order valence-corrected chi connectivity index (χ4v) is 3.52. The molecule has 1 unspecified atom stereocenters. The van der Waals surface area contributed by atoms with E-state index in [0.29, 0.717) is 22.6 Å². The summed E-state index contributed by atoms with van der Waals surface area (Å²) in [6, 6.07) is 17.2. The molecule has 1 amide bonds. The first-order chi connectivity index (χ1) is 13.1.